The van der Waals surface area contributed by atoms with Gasteiger partial charge in [-0.2, -0.15) is 0 Å². The summed E-state index contributed by atoms with van der Waals surface area (Å²) in [4.78, 5) is 32.6. The molecule has 0 unspecified atom stereocenters. The Morgan fingerprint density at radius 1 is 1.17 bits per heavy atom. The SMILES string of the molecule is COc1ccc(C2=NC3(CCCCC3)N(CC(=O)Nc3cccc(Cl)c3)C2=O)cc1. The third-order valence-electron chi connectivity index (χ3n) is 5.70. The number of carbonyl (C=O) groups excluding carboxylic acids is 2. The van der Waals surface area contributed by atoms with E-state index >= 15 is 0 Å². The standard InChI is InChI=1S/C23H24ClN3O3/c1-30-19-10-8-16(9-11-19)21-22(29)27(23(26-21)12-3-2-4-13-23)15-20(28)25-18-7-5-6-17(24)14-18/h5-11,14H,2-4,12-13,15H2,1H3,(H,25,28). The van der Waals surface area contributed by atoms with Crippen LogP contribution in [0.15, 0.2) is 53.5 Å². The van der Waals surface area contributed by atoms with E-state index in [0.29, 0.717) is 16.4 Å². The Kier molecular flexibility index (Phi) is 5.77. The van der Waals surface area contributed by atoms with Crippen molar-refractivity contribution in [1.29, 1.82) is 0 Å². The number of benzene rings is 2. The third kappa shape index (κ3) is 4.05. The quantitative estimate of drug-likeness (QED) is 0.777. The molecule has 1 N–H and O–H groups in total. The second kappa shape index (κ2) is 8.48. The van der Waals surface area contributed by atoms with E-state index in [1.165, 1.54) is 0 Å². The maximum absolute atomic E-state index is 13.3. The summed E-state index contributed by atoms with van der Waals surface area (Å²) in [6, 6.07) is 14.3. The van der Waals surface area contributed by atoms with Crippen LogP contribution in [0.2, 0.25) is 5.02 Å². The molecule has 1 saturated carbocycles. The van der Waals surface area contributed by atoms with Crippen molar-refractivity contribution in [2.45, 2.75) is 37.8 Å². The predicted molar refractivity (Wildman–Crippen MR) is 117 cm³/mol. The average molecular weight is 426 g/mol. The van der Waals surface area contributed by atoms with Crippen molar-refractivity contribution >= 4 is 34.8 Å². The summed E-state index contributed by atoms with van der Waals surface area (Å²) in [7, 11) is 1.60. The van der Waals surface area contributed by atoms with Gasteiger partial charge >= 0.3 is 0 Å². The zero-order valence-electron chi connectivity index (χ0n) is 16.9. The van der Waals surface area contributed by atoms with E-state index in [-0.39, 0.29) is 18.4 Å². The maximum atomic E-state index is 13.3. The minimum Gasteiger partial charge on any atom is -0.497 e. The van der Waals surface area contributed by atoms with E-state index < -0.39 is 5.66 Å². The molecule has 1 fully saturated rings. The average Bonchev–Trinajstić information content (AvgIpc) is 3.00. The van der Waals surface area contributed by atoms with Gasteiger partial charge in [-0.05, 0) is 68.1 Å². The van der Waals surface area contributed by atoms with Crippen LogP contribution in [-0.2, 0) is 9.59 Å². The Morgan fingerprint density at radius 2 is 1.90 bits per heavy atom. The monoisotopic (exact) mass is 425 g/mol. The van der Waals surface area contributed by atoms with Crippen molar-refractivity contribution in [1.82, 2.24) is 4.90 Å². The number of carbonyl (C=O) groups is 2. The Balaban J connectivity index is 1.58. The van der Waals surface area contributed by atoms with Gasteiger partial charge in [0.05, 0.1) is 7.11 Å². The van der Waals surface area contributed by atoms with E-state index in [1.54, 1.807) is 36.3 Å². The molecule has 2 aromatic rings. The Bertz CT molecular complexity index is 981. The molecule has 156 valence electrons. The zero-order valence-corrected chi connectivity index (χ0v) is 17.6. The maximum Gasteiger partial charge on any atom is 0.275 e. The fourth-order valence-corrected chi connectivity index (χ4v) is 4.39. The van der Waals surface area contributed by atoms with Crippen LogP contribution in [0.25, 0.3) is 0 Å². The van der Waals surface area contributed by atoms with Gasteiger partial charge in [0.1, 0.15) is 23.7 Å². The predicted octanol–water partition coefficient (Wildman–Crippen LogP) is 4.28. The van der Waals surface area contributed by atoms with E-state index in [9.17, 15) is 9.59 Å². The molecule has 0 bridgehead atoms. The van der Waals surface area contributed by atoms with Gasteiger partial charge in [-0.25, -0.2) is 0 Å². The van der Waals surface area contributed by atoms with Gasteiger partial charge < -0.3 is 15.0 Å². The summed E-state index contributed by atoms with van der Waals surface area (Å²) in [6.07, 6.45) is 4.62. The molecule has 2 amide bonds. The lowest BCUT2D eigenvalue weighted by Gasteiger charge is -2.38. The summed E-state index contributed by atoms with van der Waals surface area (Å²) in [5.74, 6) is 0.250. The lowest BCUT2D eigenvalue weighted by Crippen LogP contribution is -2.51. The molecular formula is C23H24ClN3O3. The number of aliphatic imine (C=N–C) groups is 1. The summed E-state index contributed by atoms with van der Waals surface area (Å²) in [6.45, 7) is -0.0471. The number of hydrogen-bond donors (Lipinski definition) is 1. The molecule has 7 heteroatoms. The van der Waals surface area contributed by atoms with Gasteiger partial charge in [-0.1, -0.05) is 24.1 Å². The van der Waals surface area contributed by atoms with Crippen molar-refractivity contribution in [3.63, 3.8) is 0 Å². The first-order chi connectivity index (χ1) is 14.5. The van der Waals surface area contributed by atoms with Crippen LogP contribution in [0, 0.1) is 0 Å². The first-order valence-corrected chi connectivity index (χ1v) is 10.5. The van der Waals surface area contributed by atoms with Crippen LogP contribution in [0.5, 0.6) is 5.75 Å². The van der Waals surface area contributed by atoms with Crippen LogP contribution in [-0.4, -0.2) is 41.7 Å². The largest absolute Gasteiger partial charge is 0.497 e. The number of rotatable bonds is 5. The van der Waals surface area contributed by atoms with Crippen molar-refractivity contribution in [2.75, 3.05) is 19.0 Å². The molecule has 4 rings (SSSR count). The lowest BCUT2D eigenvalue weighted by atomic mass is 9.88. The third-order valence-corrected chi connectivity index (χ3v) is 5.93. The smallest absolute Gasteiger partial charge is 0.275 e. The highest BCUT2D eigenvalue weighted by molar-refractivity contribution is 6.47. The van der Waals surface area contributed by atoms with Crippen molar-refractivity contribution in [3.8, 4) is 5.75 Å². The van der Waals surface area contributed by atoms with Crippen molar-refractivity contribution in [3.05, 3.63) is 59.1 Å². The first-order valence-electron chi connectivity index (χ1n) is 10.1. The number of nitrogens with zero attached hydrogens (tertiary/aromatic N) is 2. The van der Waals surface area contributed by atoms with Gasteiger partial charge in [0.25, 0.3) is 5.91 Å². The van der Waals surface area contributed by atoms with Crippen LogP contribution >= 0.6 is 11.6 Å². The molecule has 1 aliphatic heterocycles. The Hall–Kier alpha value is -2.86. The molecule has 0 aromatic heterocycles. The van der Waals surface area contributed by atoms with E-state index in [2.05, 4.69) is 5.32 Å². The number of halogens is 1. The number of nitrogens with one attached hydrogen (secondary N) is 1. The van der Waals surface area contributed by atoms with Crippen molar-refractivity contribution in [2.24, 2.45) is 4.99 Å². The van der Waals surface area contributed by atoms with E-state index in [1.807, 2.05) is 24.3 Å². The number of hydrogen-bond acceptors (Lipinski definition) is 4. The Labute approximate surface area is 180 Å². The molecule has 0 atom stereocenters. The highest BCUT2D eigenvalue weighted by Crippen LogP contribution is 2.39. The number of ether oxygens (including phenoxy) is 1. The molecule has 30 heavy (non-hydrogen) atoms. The Morgan fingerprint density at radius 3 is 2.57 bits per heavy atom. The topological polar surface area (TPSA) is 71.0 Å². The van der Waals surface area contributed by atoms with E-state index in [0.717, 1.165) is 43.4 Å². The number of methoxy groups -OCH3 is 1. The van der Waals surface area contributed by atoms with Gasteiger partial charge in [-0.3, -0.25) is 14.6 Å². The normalized spacial score (nSPS) is 17.7. The van der Waals surface area contributed by atoms with Gasteiger partial charge in [-0.15, -0.1) is 0 Å². The lowest BCUT2D eigenvalue weighted by molar-refractivity contribution is -0.134. The van der Waals surface area contributed by atoms with Crippen molar-refractivity contribution < 1.29 is 14.3 Å². The van der Waals surface area contributed by atoms with E-state index in [4.69, 9.17) is 21.3 Å². The zero-order chi connectivity index (χ0) is 21.1. The van der Waals surface area contributed by atoms with Crippen LogP contribution < -0.4 is 10.1 Å². The molecule has 2 aliphatic rings. The summed E-state index contributed by atoms with van der Waals surface area (Å²) in [5.41, 5.74) is 1.11. The molecule has 2 aromatic carbocycles. The number of anilines is 1. The molecule has 1 heterocycles. The second-order valence-corrected chi connectivity index (χ2v) is 8.12. The highest BCUT2D eigenvalue weighted by Gasteiger charge is 2.48. The fourth-order valence-electron chi connectivity index (χ4n) is 4.20. The fraction of sp³-hybridized carbons (Fsp3) is 0.348. The first kappa shape index (κ1) is 20.4. The number of amides is 2. The minimum absolute atomic E-state index is 0.0471. The van der Waals surface area contributed by atoms with Crippen LogP contribution in [0.4, 0.5) is 5.69 Å². The molecule has 0 radical (unpaired) electrons. The highest BCUT2D eigenvalue weighted by atomic mass is 35.5. The van der Waals surface area contributed by atoms with Crippen LogP contribution in [0.1, 0.15) is 37.7 Å². The minimum atomic E-state index is -0.643. The van der Waals surface area contributed by atoms with Gasteiger partial charge in [0.2, 0.25) is 5.91 Å². The molecule has 1 spiro atoms. The van der Waals surface area contributed by atoms with Gasteiger partial charge in [0.15, 0.2) is 0 Å². The molecule has 1 aliphatic carbocycles. The summed E-state index contributed by atoms with van der Waals surface area (Å²) in [5, 5.41) is 3.38. The summed E-state index contributed by atoms with van der Waals surface area (Å²) < 4.78 is 5.21. The van der Waals surface area contributed by atoms with Gasteiger partial charge in [0, 0.05) is 16.3 Å². The van der Waals surface area contributed by atoms with Crippen LogP contribution in [0.3, 0.4) is 0 Å². The second-order valence-electron chi connectivity index (χ2n) is 7.68. The molecule has 0 saturated heterocycles. The molecule has 6 nitrogen and oxygen atoms in total. The molecular weight excluding hydrogens is 402 g/mol. The summed E-state index contributed by atoms with van der Waals surface area (Å²) >= 11 is 6.00.